The zero-order valence-electron chi connectivity index (χ0n) is 17.8. The van der Waals surface area contributed by atoms with Gasteiger partial charge in [0.2, 0.25) is 9.84 Å². The van der Waals surface area contributed by atoms with E-state index in [2.05, 4.69) is 4.98 Å². The van der Waals surface area contributed by atoms with Crippen molar-refractivity contribution in [3.63, 3.8) is 0 Å². The van der Waals surface area contributed by atoms with Crippen molar-refractivity contribution in [2.24, 2.45) is 0 Å². The van der Waals surface area contributed by atoms with Crippen LogP contribution in [0, 0.1) is 0 Å². The van der Waals surface area contributed by atoms with Gasteiger partial charge in [-0.2, -0.15) is 8.78 Å². The van der Waals surface area contributed by atoms with Crippen molar-refractivity contribution < 1.29 is 22.0 Å². The van der Waals surface area contributed by atoms with Crippen LogP contribution in [0.5, 0.6) is 0 Å². The highest BCUT2D eigenvalue weighted by Crippen LogP contribution is 2.29. The maximum atomic E-state index is 13.4. The molecule has 0 aliphatic carbocycles. The van der Waals surface area contributed by atoms with Gasteiger partial charge in [-0.1, -0.05) is 60.7 Å². The molecule has 0 aliphatic heterocycles. The number of halogens is 2. The van der Waals surface area contributed by atoms with Crippen LogP contribution in [0.3, 0.4) is 0 Å². The number of nitrogens with zero attached hydrogens (tertiary/aromatic N) is 2. The van der Waals surface area contributed by atoms with Gasteiger partial charge in [-0.25, -0.2) is 13.4 Å². The number of benzene rings is 3. The predicted octanol–water partition coefficient (Wildman–Crippen LogP) is 5.70. The summed E-state index contributed by atoms with van der Waals surface area (Å²) in [4.78, 5) is 19.0. The van der Waals surface area contributed by atoms with Crippen LogP contribution in [0.4, 0.5) is 13.9 Å². The van der Waals surface area contributed by atoms with E-state index in [0.717, 1.165) is 29.0 Å². The molecule has 1 amide bonds. The van der Waals surface area contributed by atoms with Gasteiger partial charge in [0.1, 0.15) is 0 Å². The minimum atomic E-state index is -4.73. The minimum absolute atomic E-state index is 0.178. The zero-order valence-corrected chi connectivity index (χ0v) is 19.5. The van der Waals surface area contributed by atoms with Crippen molar-refractivity contribution in [1.82, 2.24) is 4.98 Å². The molecular weight excluding hydrogens is 478 g/mol. The minimum Gasteiger partial charge on any atom is -0.284 e. The Hall–Kier alpha value is -3.43. The Morgan fingerprint density at radius 3 is 2.15 bits per heavy atom. The van der Waals surface area contributed by atoms with E-state index < -0.39 is 26.4 Å². The molecule has 3 aromatic carbocycles. The average molecular weight is 499 g/mol. The lowest BCUT2D eigenvalue weighted by atomic mass is 10.1. The number of carbonyl (C=O) groups excluding carboxylic acids is 1. The Bertz CT molecular complexity index is 1360. The van der Waals surface area contributed by atoms with Gasteiger partial charge in [-0.15, -0.1) is 11.3 Å². The third kappa shape index (κ3) is 5.21. The molecular formula is C25H20F2N2O3S2. The van der Waals surface area contributed by atoms with Crippen molar-refractivity contribution in [2.75, 3.05) is 11.4 Å². The summed E-state index contributed by atoms with van der Waals surface area (Å²) >= 11 is 1.32. The summed E-state index contributed by atoms with van der Waals surface area (Å²) in [5.74, 6) is -3.92. The van der Waals surface area contributed by atoms with Crippen molar-refractivity contribution in [3.05, 3.63) is 101 Å². The van der Waals surface area contributed by atoms with E-state index in [9.17, 15) is 22.0 Å². The first-order chi connectivity index (χ1) is 16.4. The number of amides is 1. The van der Waals surface area contributed by atoms with Crippen molar-refractivity contribution in [3.8, 4) is 11.3 Å². The fourth-order valence-corrected chi connectivity index (χ4v) is 4.92. The maximum Gasteiger partial charge on any atom is 0.341 e. The van der Waals surface area contributed by atoms with Crippen molar-refractivity contribution in [1.29, 1.82) is 0 Å². The maximum absolute atomic E-state index is 13.4. The fraction of sp³-hybridized carbons (Fsp3) is 0.120. The van der Waals surface area contributed by atoms with Gasteiger partial charge in [0.25, 0.3) is 5.91 Å². The van der Waals surface area contributed by atoms with E-state index in [1.165, 1.54) is 28.4 Å². The Morgan fingerprint density at radius 2 is 1.53 bits per heavy atom. The van der Waals surface area contributed by atoms with Crippen LogP contribution in [0.15, 0.2) is 95.2 Å². The van der Waals surface area contributed by atoms with E-state index >= 15 is 0 Å². The van der Waals surface area contributed by atoms with Gasteiger partial charge in [0, 0.05) is 23.1 Å². The number of sulfone groups is 1. The van der Waals surface area contributed by atoms with Crippen LogP contribution in [-0.2, 0) is 16.3 Å². The Balaban J connectivity index is 1.64. The molecule has 0 N–H and O–H groups in total. The van der Waals surface area contributed by atoms with E-state index in [1.807, 2.05) is 66.0 Å². The lowest BCUT2D eigenvalue weighted by Crippen LogP contribution is -2.33. The third-order valence-electron chi connectivity index (χ3n) is 5.17. The number of aromatic nitrogens is 1. The molecule has 0 saturated heterocycles. The fourth-order valence-electron chi connectivity index (χ4n) is 3.35. The smallest absolute Gasteiger partial charge is 0.284 e. The molecule has 0 unspecified atom stereocenters. The molecule has 4 aromatic rings. The Labute approximate surface area is 200 Å². The van der Waals surface area contributed by atoms with E-state index in [1.54, 1.807) is 0 Å². The van der Waals surface area contributed by atoms with Crippen molar-refractivity contribution >= 4 is 32.2 Å². The molecule has 1 aromatic heterocycles. The summed E-state index contributed by atoms with van der Waals surface area (Å²) in [5, 5.41) is 2.36. The van der Waals surface area contributed by atoms with Gasteiger partial charge < -0.3 is 0 Å². The standard InChI is InChI=1S/C25H20F2N2O3S2/c26-24(27)34(31,32)21-13-11-20(12-14-21)23(30)29(16-15-18-7-3-1-4-8-18)25-28-22(17-33-25)19-9-5-2-6-10-19/h1-14,17,24H,15-16H2. The first-order valence-electron chi connectivity index (χ1n) is 10.3. The van der Waals surface area contributed by atoms with Crippen LogP contribution in [-0.4, -0.2) is 31.6 Å². The topological polar surface area (TPSA) is 67.3 Å². The number of hydrogen-bond donors (Lipinski definition) is 0. The molecule has 4 rings (SSSR count). The second-order valence-electron chi connectivity index (χ2n) is 7.40. The number of alkyl halides is 2. The molecule has 0 spiro atoms. The van der Waals surface area contributed by atoms with Crippen molar-refractivity contribution in [2.45, 2.75) is 17.1 Å². The number of hydrogen-bond acceptors (Lipinski definition) is 5. The summed E-state index contributed by atoms with van der Waals surface area (Å²) in [7, 11) is -4.73. The zero-order chi connectivity index (χ0) is 24.1. The monoisotopic (exact) mass is 498 g/mol. The van der Waals surface area contributed by atoms with Crippen LogP contribution in [0.2, 0.25) is 0 Å². The molecule has 174 valence electrons. The third-order valence-corrected chi connectivity index (χ3v) is 7.43. The second kappa shape index (κ2) is 10.2. The normalized spacial score (nSPS) is 11.5. The molecule has 0 radical (unpaired) electrons. The number of anilines is 1. The summed E-state index contributed by atoms with van der Waals surface area (Å²) in [6.45, 7) is 0.335. The summed E-state index contributed by atoms with van der Waals surface area (Å²) in [6, 6.07) is 23.8. The van der Waals surface area contributed by atoms with Crippen LogP contribution < -0.4 is 4.90 Å². The van der Waals surface area contributed by atoms with Crippen LogP contribution in [0.1, 0.15) is 15.9 Å². The molecule has 0 fully saturated rings. The number of rotatable bonds is 8. The predicted molar refractivity (Wildman–Crippen MR) is 129 cm³/mol. The van der Waals surface area contributed by atoms with E-state index in [4.69, 9.17) is 0 Å². The van der Waals surface area contributed by atoms with Crippen LogP contribution >= 0.6 is 11.3 Å². The van der Waals surface area contributed by atoms with Gasteiger partial charge in [-0.05, 0) is 36.2 Å². The van der Waals surface area contributed by atoms with E-state index in [-0.39, 0.29) is 5.56 Å². The molecule has 1 heterocycles. The van der Waals surface area contributed by atoms with Gasteiger partial charge in [0.15, 0.2) is 5.13 Å². The van der Waals surface area contributed by atoms with Gasteiger partial charge >= 0.3 is 5.76 Å². The number of carbonyl (C=O) groups is 1. The summed E-state index contributed by atoms with van der Waals surface area (Å²) in [5.41, 5.74) is 2.87. The lowest BCUT2D eigenvalue weighted by molar-refractivity contribution is 0.0987. The second-order valence-corrected chi connectivity index (χ2v) is 10.2. The molecule has 34 heavy (non-hydrogen) atoms. The molecule has 0 bridgehead atoms. The highest BCUT2D eigenvalue weighted by Gasteiger charge is 2.27. The Morgan fingerprint density at radius 1 is 0.912 bits per heavy atom. The molecule has 0 atom stereocenters. The molecule has 0 aliphatic rings. The highest BCUT2D eigenvalue weighted by molar-refractivity contribution is 7.91. The summed E-state index contributed by atoms with van der Waals surface area (Å²) in [6.07, 6.45) is 0.574. The Kier molecular flexibility index (Phi) is 7.14. The first kappa shape index (κ1) is 23.7. The molecule has 9 heteroatoms. The first-order valence-corrected chi connectivity index (χ1v) is 12.8. The van der Waals surface area contributed by atoms with Gasteiger partial charge in [-0.3, -0.25) is 9.69 Å². The number of thiazole rings is 1. The largest absolute Gasteiger partial charge is 0.341 e. The lowest BCUT2D eigenvalue weighted by Gasteiger charge is -2.20. The van der Waals surface area contributed by atoms with E-state index in [0.29, 0.717) is 18.1 Å². The average Bonchev–Trinajstić information content (AvgIpc) is 3.35. The molecule has 0 saturated carbocycles. The highest BCUT2D eigenvalue weighted by atomic mass is 32.2. The van der Waals surface area contributed by atoms with Gasteiger partial charge in [0.05, 0.1) is 10.6 Å². The van der Waals surface area contributed by atoms with Crippen LogP contribution in [0.25, 0.3) is 11.3 Å². The molecule has 5 nitrogen and oxygen atoms in total. The quantitative estimate of drug-likeness (QED) is 0.313. The summed E-state index contributed by atoms with van der Waals surface area (Å²) < 4.78 is 49.1. The SMILES string of the molecule is O=C(c1ccc(S(=O)(=O)C(F)F)cc1)N(CCc1ccccc1)c1nc(-c2ccccc2)cs1.